The van der Waals surface area contributed by atoms with E-state index in [1.54, 1.807) is 30.3 Å². The van der Waals surface area contributed by atoms with Crippen molar-refractivity contribution in [2.75, 3.05) is 39.6 Å². The Morgan fingerprint density at radius 1 is 0.250 bits per heavy atom. The molecule has 0 fully saturated rings. The van der Waals surface area contributed by atoms with Gasteiger partial charge in [0.05, 0.1) is 27.8 Å². The molecule has 0 aliphatic rings. The van der Waals surface area contributed by atoms with Crippen molar-refractivity contribution in [3.8, 4) is 34.5 Å². The number of carbonyl (C=O) groups excluding carboxylic acids is 12. The topological polar surface area (TPSA) is 316 Å². The minimum absolute atomic E-state index is 0.00446. The SMILES string of the molecule is C=CCOC(=O)c1cc(OC(=O)C=C)cc(C(=O)OCC=C)c1.C=CCOC(=O)c1cc(OC(=O)C=C)cc(OC(=O)C=C)c1.C=CCOC(=O)c1ccc(OC(=O)C=C)cc1.C=CCOC(=O)c1cccc(OC(=O)C=C)c1.C=CCOC(=O)c1ccccc1OC(=O)C=C. The fourth-order valence-corrected chi connectivity index (χ4v) is 6.01. The standard InChI is InChI=1S/C17H16O6.C16H14O6.3C13H12O4/c1-4-7-21-16(19)12-9-13(17(20)22-8-5-2)11-14(10-12)23-15(18)6-3;1-4-7-20-16(19)11-8-12(21-14(17)5-2)10-13(9-11)22-15(18)6-3;1-3-9-16-13(15)10-5-7-11(8-6-10)17-12(14)4-2;1-3-9-16-13(15)10-7-5-6-8-11(10)17-12(14)4-2;1-3-8-16-13(15)10-6-5-7-11(9-10)17-12(14)4-2/h4-6,9-11H,1-3,7-8H2;4-6,8-10H,1-3,7H2;2*3-8H,1-2,9H2;3-7,9H,1-2,8H2. The van der Waals surface area contributed by atoms with Crippen LogP contribution in [-0.4, -0.2) is 111 Å². The quantitative estimate of drug-likeness (QED) is 0.0136. The molecule has 24 heteroatoms. The van der Waals surface area contributed by atoms with Gasteiger partial charge in [-0.2, -0.15) is 0 Å². The molecule has 5 aromatic rings. The molecule has 5 rings (SSSR count). The van der Waals surface area contributed by atoms with Crippen LogP contribution in [0.15, 0.2) is 261 Å². The first-order valence-corrected chi connectivity index (χ1v) is 27.4. The van der Waals surface area contributed by atoms with Crippen molar-refractivity contribution >= 4 is 71.6 Å². The van der Waals surface area contributed by atoms with Gasteiger partial charge in [0, 0.05) is 42.5 Å². The first kappa shape index (κ1) is 80.6. The Kier molecular flexibility index (Phi) is 39.2. The molecule has 0 amide bonds. The third kappa shape index (κ3) is 32.4. The minimum atomic E-state index is -0.730. The maximum Gasteiger partial charge on any atom is 0.342 e. The van der Waals surface area contributed by atoms with Crippen LogP contribution in [-0.2, 0) is 57.2 Å². The lowest BCUT2D eigenvalue weighted by atomic mass is 10.1. The molecule has 0 heterocycles. The van der Waals surface area contributed by atoms with E-state index in [9.17, 15) is 57.5 Å². The number of hydrogen-bond donors (Lipinski definition) is 0. The van der Waals surface area contributed by atoms with E-state index in [2.05, 4.69) is 78.9 Å². The maximum atomic E-state index is 11.9. The summed E-state index contributed by atoms with van der Waals surface area (Å²) in [7, 11) is 0. The third-order valence-electron chi connectivity index (χ3n) is 10.1. The van der Waals surface area contributed by atoms with Gasteiger partial charge < -0.3 is 56.8 Å². The van der Waals surface area contributed by atoms with Crippen LogP contribution in [0.2, 0.25) is 0 Å². The van der Waals surface area contributed by atoms with Crippen LogP contribution in [0.25, 0.3) is 0 Å². The van der Waals surface area contributed by atoms with Crippen molar-refractivity contribution in [3.05, 3.63) is 294 Å². The second-order valence-corrected chi connectivity index (χ2v) is 17.1. The largest absolute Gasteiger partial charge is 0.458 e. The maximum absolute atomic E-state index is 11.9. The van der Waals surface area contributed by atoms with Gasteiger partial charge in [0.2, 0.25) is 0 Å². The van der Waals surface area contributed by atoms with Gasteiger partial charge in [-0.15, -0.1) is 0 Å². The van der Waals surface area contributed by atoms with Gasteiger partial charge >= 0.3 is 71.6 Å². The van der Waals surface area contributed by atoms with E-state index in [0.717, 1.165) is 36.5 Å². The zero-order valence-electron chi connectivity index (χ0n) is 51.8. The summed E-state index contributed by atoms with van der Waals surface area (Å²) in [6, 6.07) is 26.1. The summed E-state index contributed by atoms with van der Waals surface area (Å²) in [4.78, 5) is 137. The highest BCUT2D eigenvalue weighted by Gasteiger charge is 2.19. The third-order valence-corrected chi connectivity index (χ3v) is 10.1. The molecule has 0 aliphatic carbocycles. The van der Waals surface area contributed by atoms with Crippen molar-refractivity contribution < 1.29 is 114 Å². The molecule has 0 N–H and O–H groups in total. The van der Waals surface area contributed by atoms with Crippen LogP contribution in [0, 0.1) is 0 Å². The van der Waals surface area contributed by atoms with E-state index in [1.165, 1.54) is 115 Å². The summed E-state index contributed by atoms with van der Waals surface area (Å²) in [5.74, 6) is -6.78. The van der Waals surface area contributed by atoms with Crippen molar-refractivity contribution in [3.63, 3.8) is 0 Å². The van der Waals surface area contributed by atoms with E-state index >= 15 is 0 Å². The first-order valence-electron chi connectivity index (χ1n) is 27.4. The molecule has 24 nitrogen and oxygen atoms in total. The van der Waals surface area contributed by atoms with Gasteiger partial charge in [-0.3, -0.25) is 0 Å². The van der Waals surface area contributed by atoms with E-state index < -0.39 is 71.6 Å². The fourth-order valence-electron chi connectivity index (χ4n) is 6.01. The summed E-state index contributed by atoms with van der Waals surface area (Å²) in [5, 5.41) is 0. The lowest BCUT2D eigenvalue weighted by Gasteiger charge is -2.09. The van der Waals surface area contributed by atoms with Crippen LogP contribution < -0.4 is 28.4 Å². The normalized spacial score (nSPS) is 9.25. The Labute approximate surface area is 552 Å². The molecule has 0 spiro atoms. The van der Waals surface area contributed by atoms with Crippen LogP contribution >= 0.6 is 0 Å². The molecule has 498 valence electrons. The molecule has 0 aromatic heterocycles. The molecular formula is C72H66O24. The zero-order chi connectivity index (χ0) is 71.8. The molecule has 0 atom stereocenters. The average molecular weight is 1320 g/mol. The Bertz CT molecular complexity index is 3630. The second-order valence-electron chi connectivity index (χ2n) is 17.1. The number of esters is 12. The van der Waals surface area contributed by atoms with Crippen LogP contribution in [0.1, 0.15) is 62.1 Å². The van der Waals surface area contributed by atoms with Crippen LogP contribution in [0.5, 0.6) is 34.5 Å². The van der Waals surface area contributed by atoms with Gasteiger partial charge in [-0.05, 0) is 84.9 Å². The molecule has 0 unspecified atom stereocenters. The fraction of sp³-hybridized carbons (Fsp3) is 0.0833. The van der Waals surface area contributed by atoms with Crippen molar-refractivity contribution in [1.82, 2.24) is 0 Å². The van der Waals surface area contributed by atoms with Crippen LogP contribution in [0.4, 0.5) is 0 Å². The highest BCUT2D eigenvalue weighted by molar-refractivity contribution is 5.98. The Morgan fingerprint density at radius 2 is 0.542 bits per heavy atom. The van der Waals surface area contributed by atoms with Gasteiger partial charge in [-0.1, -0.05) is 134 Å². The monoisotopic (exact) mass is 1310 g/mol. The number of ether oxygens (including phenoxy) is 12. The summed E-state index contributed by atoms with van der Waals surface area (Å²) >= 11 is 0. The van der Waals surface area contributed by atoms with E-state index in [4.69, 9.17) is 56.8 Å². The van der Waals surface area contributed by atoms with Crippen molar-refractivity contribution in [2.45, 2.75) is 0 Å². The molecular weight excluding hydrogens is 1250 g/mol. The van der Waals surface area contributed by atoms with Gasteiger partial charge in [-0.25, -0.2) is 57.5 Å². The summed E-state index contributed by atoms with van der Waals surface area (Å²) in [5.41, 5.74) is 0.984. The highest BCUT2D eigenvalue weighted by atomic mass is 16.6. The predicted octanol–water partition coefficient (Wildman–Crippen LogP) is 11.0. The van der Waals surface area contributed by atoms with Gasteiger partial charge in [0.1, 0.15) is 79.7 Å². The van der Waals surface area contributed by atoms with E-state index in [1.807, 2.05) is 0 Å². The smallest absolute Gasteiger partial charge is 0.342 e. The van der Waals surface area contributed by atoms with E-state index in [0.29, 0.717) is 16.9 Å². The second kappa shape index (κ2) is 46.7. The molecule has 96 heavy (non-hydrogen) atoms. The van der Waals surface area contributed by atoms with E-state index in [-0.39, 0.29) is 90.6 Å². The van der Waals surface area contributed by atoms with Gasteiger partial charge in [0.15, 0.2) is 0 Å². The summed E-state index contributed by atoms with van der Waals surface area (Å²) in [6.45, 7) is 40.6. The van der Waals surface area contributed by atoms with Crippen molar-refractivity contribution in [2.24, 2.45) is 0 Å². The Balaban J connectivity index is 0.000000604. The predicted molar refractivity (Wildman–Crippen MR) is 350 cm³/mol. The number of para-hydroxylation sites is 1. The Hall–Kier alpha value is -13.4. The molecule has 0 radical (unpaired) electrons. The van der Waals surface area contributed by atoms with Crippen LogP contribution in [0.3, 0.4) is 0 Å². The number of benzene rings is 5. The summed E-state index contributed by atoms with van der Waals surface area (Å²) in [6.07, 6.45) is 14.6. The number of rotatable bonds is 30. The van der Waals surface area contributed by atoms with Gasteiger partial charge in [0.25, 0.3) is 0 Å². The lowest BCUT2D eigenvalue weighted by molar-refractivity contribution is -0.130. The number of carbonyl (C=O) groups is 12. The van der Waals surface area contributed by atoms with Crippen molar-refractivity contribution in [1.29, 1.82) is 0 Å². The number of hydrogen-bond acceptors (Lipinski definition) is 24. The lowest BCUT2D eigenvalue weighted by Crippen LogP contribution is -2.11. The molecule has 0 aliphatic heterocycles. The molecule has 0 saturated carbocycles. The molecule has 5 aromatic carbocycles. The first-order chi connectivity index (χ1) is 46.0. The average Bonchev–Trinajstić information content (AvgIpc) is 0.893. The zero-order valence-corrected chi connectivity index (χ0v) is 51.8. The Morgan fingerprint density at radius 3 is 0.917 bits per heavy atom. The molecule has 0 bridgehead atoms. The summed E-state index contributed by atoms with van der Waals surface area (Å²) < 4.78 is 58.6. The molecule has 0 saturated heterocycles. The highest BCUT2D eigenvalue weighted by Crippen LogP contribution is 2.25. The minimum Gasteiger partial charge on any atom is -0.458 e.